The van der Waals surface area contributed by atoms with E-state index in [0.29, 0.717) is 35.1 Å². The molecule has 2 N–H and O–H groups in total. The van der Waals surface area contributed by atoms with Crippen molar-refractivity contribution in [3.05, 3.63) is 78.6 Å². The van der Waals surface area contributed by atoms with Crippen LogP contribution < -0.4 is 9.47 Å². The number of benzene rings is 3. The van der Waals surface area contributed by atoms with E-state index in [2.05, 4.69) is 18.7 Å². The topological polar surface area (TPSA) is 62.2 Å². The largest absolute Gasteiger partial charge is 0.508 e. The van der Waals surface area contributed by atoms with Gasteiger partial charge in [0.1, 0.15) is 23.9 Å². The predicted molar refractivity (Wildman–Crippen MR) is 144 cm³/mol. The molecule has 7 heteroatoms. The Morgan fingerprint density at radius 3 is 2.36 bits per heavy atom. The quantitative estimate of drug-likeness (QED) is 0.403. The first-order valence-corrected chi connectivity index (χ1v) is 13.4. The van der Waals surface area contributed by atoms with Crippen molar-refractivity contribution in [2.24, 2.45) is 0 Å². The Morgan fingerprint density at radius 2 is 1.72 bits per heavy atom. The van der Waals surface area contributed by atoms with Crippen LogP contribution in [-0.2, 0) is 0 Å². The molecule has 1 unspecified atom stereocenters. The SMILES string of the molecule is CC(COc1ccccc1)N1CCCC[C@H]1C.Oc1ccc2c(c1F)SCCO2.Oc1ccccc1. The van der Waals surface area contributed by atoms with E-state index in [0.717, 1.165) is 18.1 Å². The molecule has 0 spiro atoms. The molecule has 0 amide bonds. The van der Waals surface area contributed by atoms with Crippen molar-refractivity contribution >= 4 is 11.8 Å². The van der Waals surface area contributed by atoms with Gasteiger partial charge in [-0.05, 0) is 69.6 Å². The van der Waals surface area contributed by atoms with E-state index in [-0.39, 0.29) is 5.75 Å². The van der Waals surface area contributed by atoms with Gasteiger partial charge in [-0.3, -0.25) is 4.90 Å². The van der Waals surface area contributed by atoms with Crippen molar-refractivity contribution in [2.75, 3.05) is 25.5 Å². The lowest BCUT2D eigenvalue weighted by Gasteiger charge is -2.37. The van der Waals surface area contributed by atoms with Crippen LogP contribution in [0.5, 0.6) is 23.0 Å². The predicted octanol–water partition coefficient (Wildman–Crippen LogP) is 6.74. The van der Waals surface area contributed by atoms with Gasteiger partial charge in [0.05, 0.1) is 11.5 Å². The first-order valence-electron chi connectivity index (χ1n) is 12.4. The third kappa shape index (κ3) is 8.64. The van der Waals surface area contributed by atoms with Gasteiger partial charge in [0.15, 0.2) is 11.6 Å². The number of aromatic hydroxyl groups is 2. The zero-order valence-electron chi connectivity index (χ0n) is 21.0. The number of likely N-dealkylation sites (tertiary alicyclic amines) is 1. The molecule has 3 aromatic rings. The normalized spacial score (nSPS) is 17.7. The lowest BCUT2D eigenvalue weighted by atomic mass is 10.0. The molecule has 0 aromatic heterocycles. The number of ether oxygens (including phenoxy) is 2. The second kappa shape index (κ2) is 14.6. The summed E-state index contributed by atoms with van der Waals surface area (Å²) < 4.78 is 24.1. The highest BCUT2D eigenvalue weighted by atomic mass is 32.2. The fourth-order valence-corrected chi connectivity index (χ4v) is 4.98. The first kappa shape index (κ1) is 27.7. The molecule has 0 radical (unpaired) electrons. The molecule has 5 nitrogen and oxygen atoms in total. The Morgan fingerprint density at radius 1 is 1.03 bits per heavy atom. The highest BCUT2D eigenvalue weighted by Crippen LogP contribution is 2.38. The lowest BCUT2D eigenvalue weighted by Crippen LogP contribution is -2.45. The molecule has 0 bridgehead atoms. The van der Waals surface area contributed by atoms with E-state index >= 15 is 0 Å². The van der Waals surface area contributed by atoms with Gasteiger partial charge in [-0.2, -0.15) is 0 Å². The van der Waals surface area contributed by atoms with Crippen LogP contribution in [-0.4, -0.2) is 52.7 Å². The first-order chi connectivity index (χ1) is 17.5. The monoisotopic (exact) mass is 513 g/mol. The van der Waals surface area contributed by atoms with Crippen molar-refractivity contribution < 1.29 is 24.1 Å². The Kier molecular flexibility index (Phi) is 11.2. The Balaban J connectivity index is 0.000000164. The molecular formula is C29H36FNO4S. The summed E-state index contributed by atoms with van der Waals surface area (Å²) in [5, 5.41) is 17.7. The number of halogens is 1. The lowest BCUT2D eigenvalue weighted by molar-refractivity contribution is 0.0816. The molecular weight excluding hydrogens is 477 g/mol. The number of hydrogen-bond donors (Lipinski definition) is 2. The van der Waals surface area contributed by atoms with E-state index in [9.17, 15) is 4.39 Å². The van der Waals surface area contributed by atoms with Crippen LogP contribution in [0, 0.1) is 5.82 Å². The molecule has 2 heterocycles. The van der Waals surface area contributed by atoms with Crippen LogP contribution in [0.1, 0.15) is 33.1 Å². The number of para-hydroxylation sites is 2. The van der Waals surface area contributed by atoms with E-state index < -0.39 is 5.82 Å². The zero-order chi connectivity index (χ0) is 25.8. The molecule has 36 heavy (non-hydrogen) atoms. The molecule has 2 atom stereocenters. The summed E-state index contributed by atoms with van der Waals surface area (Å²) in [6.45, 7) is 7.21. The Labute approximate surface area is 217 Å². The molecule has 194 valence electrons. The Hall–Kier alpha value is -2.90. The highest BCUT2D eigenvalue weighted by Gasteiger charge is 2.23. The minimum Gasteiger partial charge on any atom is -0.508 e. The van der Waals surface area contributed by atoms with Crippen LogP contribution in [0.4, 0.5) is 4.39 Å². The summed E-state index contributed by atoms with van der Waals surface area (Å²) in [5.41, 5.74) is 0. The van der Waals surface area contributed by atoms with E-state index in [1.54, 1.807) is 30.3 Å². The molecule has 3 aromatic carbocycles. The molecule has 1 fully saturated rings. The number of fused-ring (bicyclic) bond motifs is 1. The maximum Gasteiger partial charge on any atom is 0.182 e. The van der Waals surface area contributed by atoms with Gasteiger partial charge in [-0.1, -0.05) is 42.8 Å². The van der Waals surface area contributed by atoms with Crippen molar-refractivity contribution in [1.29, 1.82) is 0 Å². The summed E-state index contributed by atoms with van der Waals surface area (Å²) in [5.74, 6) is 1.67. The number of piperidine rings is 1. The van der Waals surface area contributed by atoms with Crippen LogP contribution in [0.2, 0.25) is 0 Å². The summed E-state index contributed by atoms with van der Waals surface area (Å²) in [7, 11) is 0. The van der Waals surface area contributed by atoms with Crippen LogP contribution in [0.25, 0.3) is 0 Å². The van der Waals surface area contributed by atoms with Gasteiger partial charge in [-0.15, -0.1) is 11.8 Å². The molecule has 0 saturated carbocycles. The van der Waals surface area contributed by atoms with E-state index in [4.69, 9.17) is 19.7 Å². The fourth-order valence-electron chi connectivity index (χ4n) is 4.10. The van der Waals surface area contributed by atoms with Gasteiger partial charge in [0, 0.05) is 17.8 Å². The van der Waals surface area contributed by atoms with Crippen molar-refractivity contribution in [3.8, 4) is 23.0 Å². The number of nitrogens with zero attached hydrogens (tertiary/aromatic N) is 1. The fraction of sp³-hybridized carbons (Fsp3) is 0.379. The van der Waals surface area contributed by atoms with Crippen LogP contribution in [0.15, 0.2) is 77.7 Å². The molecule has 5 rings (SSSR count). The maximum atomic E-state index is 13.1. The smallest absolute Gasteiger partial charge is 0.182 e. The zero-order valence-corrected chi connectivity index (χ0v) is 21.8. The van der Waals surface area contributed by atoms with Crippen molar-refractivity contribution in [2.45, 2.75) is 50.1 Å². The average molecular weight is 514 g/mol. The van der Waals surface area contributed by atoms with Gasteiger partial charge in [0.25, 0.3) is 0 Å². The summed E-state index contributed by atoms with van der Waals surface area (Å²) in [6.07, 6.45) is 4.04. The third-order valence-electron chi connectivity index (χ3n) is 6.04. The number of rotatable bonds is 4. The summed E-state index contributed by atoms with van der Waals surface area (Å²) >= 11 is 1.37. The second-order valence-electron chi connectivity index (χ2n) is 8.81. The number of phenols is 2. The summed E-state index contributed by atoms with van der Waals surface area (Å²) in [6, 6.07) is 22.9. The maximum absolute atomic E-state index is 13.1. The van der Waals surface area contributed by atoms with Gasteiger partial charge in [-0.25, -0.2) is 4.39 Å². The highest BCUT2D eigenvalue weighted by molar-refractivity contribution is 7.99. The average Bonchev–Trinajstić information content (AvgIpc) is 2.92. The van der Waals surface area contributed by atoms with E-state index in [1.807, 2.05) is 36.4 Å². The number of hydrogen-bond acceptors (Lipinski definition) is 6. The minimum atomic E-state index is -0.572. The molecule has 1 saturated heterocycles. The third-order valence-corrected chi connectivity index (χ3v) is 7.08. The standard InChI is InChI=1S/C15H23NO.C8H7FO2S.C6H6O/c1-13-8-6-7-11-16(13)14(2)12-17-15-9-4-3-5-10-15;9-7-5(10)1-2-6-8(7)12-4-3-11-6;7-6-4-2-1-3-5-6/h3-5,9-10,13-14H,6-8,11-12H2,1-2H3;1-2,10H,3-4H2;1-5,7H/t13-,14?;;/m1../s1. The van der Waals surface area contributed by atoms with E-state index in [1.165, 1.54) is 43.6 Å². The van der Waals surface area contributed by atoms with Gasteiger partial charge >= 0.3 is 0 Å². The van der Waals surface area contributed by atoms with Gasteiger partial charge < -0.3 is 19.7 Å². The second-order valence-corrected chi connectivity index (χ2v) is 9.92. The Bertz CT molecular complexity index is 1040. The van der Waals surface area contributed by atoms with Crippen LogP contribution in [0.3, 0.4) is 0 Å². The minimum absolute atomic E-state index is 0.313. The molecule has 2 aliphatic rings. The van der Waals surface area contributed by atoms with Crippen molar-refractivity contribution in [1.82, 2.24) is 4.90 Å². The van der Waals surface area contributed by atoms with Crippen LogP contribution >= 0.6 is 11.8 Å². The number of phenolic OH excluding ortho intramolecular Hbond substituents is 2. The van der Waals surface area contributed by atoms with Crippen molar-refractivity contribution in [3.63, 3.8) is 0 Å². The molecule has 0 aliphatic carbocycles. The van der Waals surface area contributed by atoms with Gasteiger partial charge in [0.2, 0.25) is 0 Å². The molecule has 2 aliphatic heterocycles. The number of thioether (sulfide) groups is 1. The summed E-state index contributed by atoms with van der Waals surface area (Å²) in [4.78, 5) is 2.99.